The fourth-order valence-corrected chi connectivity index (χ4v) is 2.68. The van der Waals surface area contributed by atoms with Crippen LogP contribution in [0.1, 0.15) is 27.0 Å². The van der Waals surface area contributed by atoms with Gasteiger partial charge in [-0.05, 0) is 54.3 Å². The Hall–Kier alpha value is -2.49. The quantitative estimate of drug-likeness (QED) is 0.790. The number of carbonyl (C=O) groups is 1. The third kappa shape index (κ3) is 2.57. The minimum absolute atomic E-state index is 0.0571. The first-order valence-corrected chi connectivity index (χ1v) is 7.01. The number of aromatic hydroxyl groups is 1. The van der Waals surface area contributed by atoms with Gasteiger partial charge in [-0.15, -0.1) is 0 Å². The van der Waals surface area contributed by atoms with Crippen LogP contribution in [-0.4, -0.2) is 22.5 Å². The standard InChI is InChI=1S/C17H18N2O2/c1-11-2-3-13(9-16(11)20)17(21)19-7-6-12-4-5-15(18)8-14(12)10-19/h2-5,8-9,20H,6-7,10,18H2,1H3. The van der Waals surface area contributed by atoms with E-state index in [1.54, 1.807) is 17.0 Å². The van der Waals surface area contributed by atoms with Crippen molar-refractivity contribution in [1.29, 1.82) is 0 Å². The lowest BCUT2D eigenvalue weighted by Gasteiger charge is -2.29. The molecule has 4 nitrogen and oxygen atoms in total. The highest BCUT2D eigenvalue weighted by molar-refractivity contribution is 5.94. The molecule has 0 spiro atoms. The number of nitrogens with two attached hydrogens (primary N) is 1. The number of nitrogen functional groups attached to an aromatic ring is 1. The third-order valence-corrected chi connectivity index (χ3v) is 3.99. The molecule has 0 aliphatic carbocycles. The van der Waals surface area contributed by atoms with Gasteiger partial charge in [0.1, 0.15) is 5.75 Å². The van der Waals surface area contributed by atoms with Gasteiger partial charge in [-0.2, -0.15) is 0 Å². The van der Waals surface area contributed by atoms with Crippen molar-refractivity contribution < 1.29 is 9.90 Å². The van der Waals surface area contributed by atoms with Crippen LogP contribution in [0.5, 0.6) is 5.75 Å². The van der Waals surface area contributed by atoms with E-state index >= 15 is 0 Å². The van der Waals surface area contributed by atoms with Crippen LogP contribution in [0.15, 0.2) is 36.4 Å². The summed E-state index contributed by atoms with van der Waals surface area (Å²) in [5, 5.41) is 9.75. The fraction of sp³-hybridized carbons (Fsp3) is 0.235. The van der Waals surface area contributed by atoms with Gasteiger partial charge >= 0.3 is 0 Å². The predicted octanol–water partition coefficient (Wildman–Crippen LogP) is 2.48. The molecule has 3 rings (SSSR count). The van der Waals surface area contributed by atoms with Crippen LogP contribution in [0, 0.1) is 6.92 Å². The van der Waals surface area contributed by atoms with Gasteiger partial charge in [0.25, 0.3) is 5.91 Å². The highest BCUT2D eigenvalue weighted by Crippen LogP contribution is 2.24. The van der Waals surface area contributed by atoms with Crippen LogP contribution >= 0.6 is 0 Å². The maximum Gasteiger partial charge on any atom is 0.254 e. The molecular weight excluding hydrogens is 264 g/mol. The van der Waals surface area contributed by atoms with Gasteiger partial charge in [-0.1, -0.05) is 12.1 Å². The molecule has 1 aliphatic heterocycles. The largest absolute Gasteiger partial charge is 0.508 e. The van der Waals surface area contributed by atoms with Crippen LogP contribution in [0.25, 0.3) is 0 Å². The Morgan fingerprint density at radius 2 is 2.00 bits per heavy atom. The number of aryl methyl sites for hydroxylation is 1. The molecule has 0 unspecified atom stereocenters. The number of hydrogen-bond acceptors (Lipinski definition) is 3. The number of fused-ring (bicyclic) bond motifs is 1. The van der Waals surface area contributed by atoms with Crippen LogP contribution < -0.4 is 5.73 Å². The molecule has 1 aliphatic rings. The third-order valence-electron chi connectivity index (χ3n) is 3.99. The van der Waals surface area contributed by atoms with E-state index in [0.717, 1.165) is 23.2 Å². The number of phenols is 1. The zero-order valence-corrected chi connectivity index (χ0v) is 12.0. The number of amides is 1. The Morgan fingerprint density at radius 1 is 1.19 bits per heavy atom. The van der Waals surface area contributed by atoms with E-state index in [-0.39, 0.29) is 11.7 Å². The molecule has 108 valence electrons. The summed E-state index contributed by atoms with van der Waals surface area (Å²) in [6, 6.07) is 10.9. The average Bonchev–Trinajstić information content (AvgIpc) is 2.48. The number of carbonyl (C=O) groups excluding carboxylic acids is 1. The van der Waals surface area contributed by atoms with Crippen molar-refractivity contribution in [2.24, 2.45) is 0 Å². The monoisotopic (exact) mass is 282 g/mol. The smallest absolute Gasteiger partial charge is 0.254 e. The summed E-state index contributed by atoms with van der Waals surface area (Å²) < 4.78 is 0. The van der Waals surface area contributed by atoms with Crippen molar-refractivity contribution in [3.63, 3.8) is 0 Å². The average molecular weight is 282 g/mol. The van der Waals surface area contributed by atoms with E-state index < -0.39 is 0 Å². The molecule has 1 heterocycles. The van der Waals surface area contributed by atoms with E-state index in [1.807, 2.05) is 25.1 Å². The van der Waals surface area contributed by atoms with Gasteiger partial charge in [0.2, 0.25) is 0 Å². The van der Waals surface area contributed by atoms with Gasteiger partial charge in [-0.25, -0.2) is 0 Å². The molecule has 3 N–H and O–H groups in total. The van der Waals surface area contributed by atoms with Crippen molar-refractivity contribution in [1.82, 2.24) is 4.90 Å². The van der Waals surface area contributed by atoms with E-state index in [1.165, 1.54) is 11.6 Å². The summed E-state index contributed by atoms with van der Waals surface area (Å²) in [5.74, 6) is 0.0980. The Morgan fingerprint density at radius 3 is 2.76 bits per heavy atom. The molecule has 2 aromatic rings. The molecule has 2 aromatic carbocycles. The van der Waals surface area contributed by atoms with Crippen LogP contribution in [-0.2, 0) is 13.0 Å². The topological polar surface area (TPSA) is 66.6 Å². The van der Waals surface area contributed by atoms with Crippen molar-refractivity contribution >= 4 is 11.6 Å². The molecular formula is C17H18N2O2. The second kappa shape index (κ2) is 5.13. The Kier molecular flexibility index (Phi) is 3.29. The van der Waals surface area contributed by atoms with Gasteiger partial charge in [0, 0.05) is 24.3 Å². The van der Waals surface area contributed by atoms with E-state index in [4.69, 9.17) is 5.73 Å². The zero-order valence-electron chi connectivity index (χ0n) is 12.0. The fourth-order valence-electron chi connectivity index (χ4n) is 2.68. The minimum atomic E-state index is -0.0571. The Labute approximate surface area is 123 Å². The lowest BCUT2D eigenvalue weighted by atomic mass is 9.98. The molecule has 0 radical (unpaired) electrons. The van der Waals surface area contributed by atoms with Crippen LogP contribution in [0.2, 0.25) is 0 Å². The predicted molar refractivity (Wildman–Crippen MR) is 82.1 cm³/mol. The number of anilines is 1. The maximum atomic E-state index is 12.5. The van der Waals surface area contributed by atoms with Gasteiger partial charge < -0.3 is 15.7 Å². The normalized spacial score (nSPS) is 13.9. The number of phenolic OH excluding ortho intramolecular Hbond substituents is 1. The van der Waals surface area contributed by atoms with Crippen LogP contribution in [0.3, 0.4) is 0 Å². The second-order valence-corrected chi connectivity index (χ2v) is 5.51. The van der Waals surface area contributed by atoms with E-state index in [9.17, 15) is 9.90 Å². The highest BCUT2D eigenvalue weighted by atomic mass is 16.3. The summed E-state index contributed by atoms with van der Waals surface area (Å²) >= 11 is 0. The molecule has 1 amide bonds. The minimum Gasteiger partial charge on any atom is -0.508 e. The van der Waals surface area contributed by atoms with Crippen molar-refractivity contribution in [2.45, 2.75) is 19.9 Å². The Balaban J connectivity index is 1.85. The molecule has 0 saturated carbocycles. The summed E-state index contributed by atoms with van der Waals surface area (Å²) in [6.45, 7) is 3.06. The molecule has 0 aromatic heterocycles. The molecule has 0 fully saturated rings. The van der Waals surface area contributed by atoms with E-state index in [0.29, 0.717) is 18.7 Å². The van der Waals surface area contributed by atoms with E-state index in [2.05, 4.69) is 0 Å². The SMILES string of the molecule is Cc1ccc(C(=O)N2CCc3ccc(N)cc3C2)cc1O. The molecule has 21 heavy (non-hydrogen) atoms. The number of rotatable bonds is 1. The number of benzene rings is 2. The summed E-state index contributed by atoms with van der Waals surface area (Å²) in [6.07, 6.45) is 0.833. The Bertz CT molecular complexity index is 710. The van der Waals surface area contributed by atoms with Gasteiger partial charge in [-0.3, -0.25) is 4.79 Å². The lowest BCUT2D eigenvalue weighted by molar-refractivity contribution is 0.0734. The molecule has 0 saturated heterocycles. The first kappa shape index (κ1) is 13.5. The van der Waals surface area contributed by atoms with Crippen molar-refractivity contribution in [3.05, 3.63) is 58.7 Å². The first-order chi connectivity index (χ1) is 10.0. The summed E-state index contributed by atoms with van der Waals surface area (Å²) in [7, 11) is 0. The summed E-state index contributed by atoms with van der Waals surface area (Å²) in [4.78, 5) is 14.3. The number of nitrogens with zero attached hydrogens (tertiary/aromatic N) is 1. The van der Waals surface area contributed by atoms with Crippen molar-refractivity contribution in [3.8, 4) is 5.75 Å². The summed E-state index contributed by atoms with van der Waals surface area (Å²) in [5.41, 5.74) is 10.2. The molecule has 4 heteroatoms. The van der Waals surface area contributed by atoms with Gasteiger partial charge in [0.05, 0.1) is 0 Å². The lowest BCUT2D eigenvalue weighted by Crippen LogP contribution is -2.36. The first-order valence-electron chi connectivity index (χ1n) is 7.01. The van der Waals surface area contributed by atoms with Crippen LogP contribution in [0.4, 0.5) is 5.69 Å². The molecule has 0 atom stereocenters. The number of hydrogen-bond donors (Lipinski definition) is 2. The van der Waals surface area contributed by atoms with Crippen molar-refractivity contribution in [2.75, 3.05) is 12.3 Å². The maximum absolute atomic E-state index is 12.5. The van der Waals surface area contributed by atoms with Gasteiger partial charge in [0.15, 0.2) is 0 Å². The highest BCUT2D eigenvalue weighted by Gasteiger charge is 2.22. The zero-order chi connectivity index (χ0) is 15.0. The molecule has 0 bridgehead atoms. The second-order valence-electron chi connectivity index (χ2n) is 5.51.